The molecular formula is C18H20ClN3O. The van der Waals surface area contributed by atoms with E-state index >= 15 is 0 Å². The zero-order chi connectivity index (χ0) is 16.1. The number of hydrogen-bond donors (Lipinski definition) is 1. The number of amides is 1. The number of carbonyl (C=O) groups excluding carboxylic acids is 1. The number of piperidine rings is 1. The lowest BCUT2D eigenvalue weighted by Crippen LogP contribution is -2.43. The van der Waals surface area contributed by atoms with Crippen LogP contribution in [0.4, 0.5) is 5.69 Å². The number of carbonyl (C=O) groups is 1. The first-order valence-electron chi connectivity index (χ1n) is 7.89. The average Bonchev–Trinajstić information content (AvgIpc) is 2.62. The summed E-state index contributed by atoms with van der Waals surface area (Å²) in [7, 11) is 0. The maximum Gasteiger partial charge on any atom is 0.225 e. The minimum absolute atomic E-state index is 0.0317. The Bertz CT molecular complexity index is 645. The van der Waals surface area contributed by atoms with Crippen LogP contribution < -0.4 is 10.2 Å². The fraction of sp³-hybridized carbons (Fsp3) is 0.333. The molecule has 1 amide bonds. The zero-order valence-electron chi connectivity index (χ0n) is 12.9. The molecule has 1 atom stereocenters. The number of pyridine rings is 1. The molecule has 1 N–H and O–H groups in total. The van der Waals surface area contributed by atoms with Crippen LogP contribution in [0.5, 0.6) is 0 Å². The zero-order valence-corrected chi connectivity index (χ0v) is 13.7. The Morgan fingerprint density at radius 2 is 1.96 bits per heavy atom. The van der Waals surface area contributed by atoms with Crippen LogP contribution in [-0.4, -0.2) is 24.0 Å². The third-order valence-electron chi connectivity index (χ3n) is 4.20. The van der Waals surface area contributed by atoms with Crippen LogP contribution in [-0.2, 0) is 11.3 Å². The molecule has 1 aliphatic heterocycles. The van der Waals surface area contributed by atoms with E-state index in [0.717, 1.165) is 37.2 Å². The summed E-state index contributed by atoms with van der Waals surface area (Å²) in [5.74, 6) is 0.155. The maximum absolute atomic E-state index is 12.4. The number of rotatable bonds is 4. The van der Waals surface area contributed by atoms with E-state index in [1.54, 1.807) is 12.4 Å². The fourth-order valence-corrected chi connectivity index (χ4v) is 3.04. The van der Waals surface area contributed by atoms with Crippen LogP contribution in [0.1, 0.15) is 18.4 Å². The number of hydrogen-bond acceptors (Lipinski definition) is 3. The smallest absolute Gasteiger partial charge is 0.225 e. The number of aromatic nitrogens is 1. The van der Waals surface area contributed by atoms with E-state index in [1.165, 1.54) is 0 Å². The highest BCUT2D eigenvalue weighted by molar-refractivity contribution is 6.30. The van der Waals surface area contributed by atoms with E-state index in [1.807, 2.05) is 36.4 Å². The van der Waals surface area contributed by atoms with Crippen LogP contribution in [0.15, 0.2) is 48.8 Å². The summed E-state index contributed by atoms with van der Waals surface area (Å²) >= 11 is 5.87. The third-order valence-corrected chi connectivity index (χ3v) is 4.45. The summed E-state index contributed by atoms with van der Waals surface area (Å²) in [5, 5.41) is 3.75. The van der Waals surface area contributed by atoms with Crippen molar-refractivity contribution in [2.45, 2.75) is 19.4 Å². The molecule has 0 unspecified atom stereocenters. The summed E-state index contributed by atoms with van der Waals surface area (Å²) in [6, 6.07) is 11.5. The van der Waals surface area contributed by atoms with Crippen molar-refractivity contribution in [3.63, 3.8) is 0 Å². The molecule has 5 heteroatoms. The van der Waals surface area contributed by atoms with Gasteiger partial charge in [0.25, 0.3) is 0 Å². The Balaban J connectivity index is 1.55. The predicted octanol–water partition coefficient (Wildman–Crippen LogP) is 3.27. The van der Waals surface area contributed by atoms with Crippen molar-refractivity contribution in [2.75, 3.05) is 18.0 Å². The second kappa shape index (κ2) is 7.47. The van der Waals surface area contributed by atoms with Gasteiger partial charge in [-0.1, -0.05) is 23.7 Å². The Morgan fingerprint density at radius 3 is 2.70 bits per heavy atom. The molecule has 0 bridgehead atoms. The molecule has 1 saturated heterocycles. The molecule has 23 heavy (non-hydrogen) atoms. The SMILES string of the molecule is O=C(NCc1ccc(Cl)cc1)[C@H]1CCCN(c2ccncc2)C1. The average molecular weight is 330 g/mol. The summed E-state index contributed by atoms with van der Waals surface area (Å²) in [5.41, 5.74) is 2.19. The van der Waals surface area contributed by atoms with Gasteiger partial charge in [-0.25, -0.2) is 0 Å². The van der Waals surface area contributed by atoms with Crippen LogP contribution in [0.2, 0.25) is 5.02 Å². The molecule has 1 aromatic carbocycles. The van der Waals surface area contributed by atoms with Crippen molar-refractivity contribution in [2.24, 2.45) is 5.92 Å². The number of benzene rings is 1. The monoisotopic (exact) mass is 329 g/mol. The van der Waals surface area contributed by atoms with Gasteiger partial charge in [-0.2, -0.15) is 0 Å². The lowest BCUT2D eigenvalue weighted by molar-refractivity contribution is -0.125. The molecule has 0 aliphatic carbocycles. The minimum Gasteiger partial charge on any atom is -0.371 e. The van der Waals surface area contributed by atoms with Gasteiger partial charge in [0.2, 0.25) is 5.91 Å². The molecule has 0 radical (unpaired) electrons. The van der Waals surface area contributed by atoms with Crippen LogP contribution >= 0.6 is 11.6 Å². The van der Waals surface area contributed by atoms with E-state index in [9.17, 15) is 4.79 Å². The van der Waals surface area contributed by atoms with Gasteiger partial charge < -0.3 is 10.2 Å². The first kappa shape index (κ1) is 15.8. The van der Waals surface area contributed by atoms with Gasteiger partial charge in [0.05, 0.1) is 5.92 Å². The first-order chi connectivity index (χ1) is 11.2. The van der Waals surface area contributed by atoms with Crippen LogP contribution in [0.25, 0.3) is 0 Å². The second-order valence-electron chi connectivity index (χ2n) is 5.83. The fourth-order valence-electron chi connectivity index (χ4n) is 2.92. The molecule has 4 nitrogen and oxygen atoms in total. The summed E-state index contributed by atoms with van der Waals surface area (Å²) in [6.45, 7) is 2.29. The summed E-state index contributed by atoms with van der Waals surface area (Å²) < 4.78 is 0. The summed E-state index contributed by atoms with van der Waals surface area (Å²) in [6.07, 6.45) is 5.55. The topological polar surface area (TPSA) is 45.2 Å². The molecule has 3 rings (SSSR count). The van der Waals surface area contributed by atoms with Crippen molar-refractivity contribution < 1.29 is 4.79 Å². The minimum atomic E-state index is 0.0317. The van der Waals surface area contributed by atoms with Gasteiger partial charge in [0.1, 0.15) is 0 Å². The molecule has 2 aromatic rings. The molecule has 0 saturated carbocycles. The first-order valence-corrected chi connectivity index (χ1v) is 8.27. The highest BCUT2D eigenvalue weighted by Crippen LogP contribution is 2.22. The van der Waals surface area contributed by atoms with Gasteiger partial charge in [-0.3, -0.25) is 9.78 Å². The van der Waals surface area contributed by atoms with Gasteiger partial charge in [-0.15, -0.1) is 0 Å². The molecule has 0 spiro atoms. The predicted molar refractivity (Wildman–Crippen MR) is 92.5 cm³/mol. The van der Waals surface area contributed by atoms with Crippen molar-refractivity contribution >= 4 is 23.2 Å². The van der Waals surface area contributed by atoms with Gasteiger partial charge in [0, 0.05) is 42.7 Å². The van der Waals surface area contributed by atoms with Crippen molar-refractivity contribution in [1.82, 2.24) is 10.3 Å². The van der Waals surface area contributed by atoms with E-state index < -0.39 is 0 Å². The molecule has 1 aromatic heterocycles. The Hall–Kier alpha value is -2.07. The number of nitrogens with one attached hydrogen (secondary N) is 1. The van der Waals surface area contributed by atoms with Gasteiger partial charge >= 0.3 is 0 Å². The normalized spacial score (nSPS) is 17.8. The second-order valence-corrected chi connectivity index (χ2v) is 6.27. The van der Waals surface area contributed by atoms with Crippen LogP contribution in [0.3, 0.4) is 0 Å². The lowest BCUT2D eigenvalue weighted by atomic mass is 9.96. The van der Waals surface area contributed by atoms with E-state index in [0.29, 0.717) is 11.6 Å². The Kier molecular flexibility index (Phi) is 5.13. The molecule has 1 aliphatic rings. The molecule has 120 valence electrons. The van der Waals surface area contributed by atoms with E-state index in [4.69, 9.17) is 11.6 Å². The van der Waals surface area contributed by atoms with E-state index in [2.05, 4.69) is 15.2 Å². The highest BCUT2D eigenvalue weighted by atomic mass is 35.5. The van der Waals surface area contributed by atoms with Crippen molar-refractivity contribution in [3.8, 4) is 0 Å². The Labute approximate surface area is 141 Å². The molecule has 1 fully saturated rings. The third kappa shape index (κ3) is 4.23. The molecule has 2 heterocycles. The summed E-state index contributed by atoms with van der Waals surface area (Å²) in [4.78, 5) is 18.7. The van der Waals surface area contributed by atoms with Crippen molar-refractivity contribution in [3.05, 3.63) is 59.4 Å². The quantitative estimate of drug-likeness (QED) is 0.936. The lowest BCUT2D eigenvalue weighted by Gasteiger charge is -2.33. The number of halogens is 1. The van der Waals surface area contributed by atoms with E-state index in [-0.39, 0.29) is 11.8 Å². The highest BCUT2D eigenvalue weighted by Gasteiger charge is 2.25. The number of anilines is 1. The van der Waals surface area contributed by atoms with Gasteiger partial charge in [-0.05, 0) is 42.7 Å². The number of nitrogens with zero attached hydrogens (tertiary/aromatic N) is 2. The standard InChI is InChI=1S/C18H20ClN3O/c19-16-5-3-14(4-6-16)12-21-18(23)15-2-1-11-22(13-15)17-7-9-20-10-8-17/h3-10,15H,1-2,11-13H2,(H,21,23)/t15-/m0/s1. The van der Waals surface area contributed by atoms with Crippen LogP contribution in [0, 0.1) is 5.92 Å². The Morgan fingerprint density at radius 1 is 1.22 bits per heavy atom. The molecular weight excluding hydrogens is 310 g/mol. The maximum atomic E-state index is 12.4. The van der Waals surface area contributed by atoms with Gasteiger partial charge in [0.15, 0.2) is 0 Å². The van der Waals surface area contributed by atoms with Crippen molar-refractivity contribution in [1.29, 1.82) is 0 Å². The largest absolute Gasteiger partial charge is 0.371 e.